The molecular weight excluding hydrogens is 272 g/mol. The molecule has 20 heavy (non-hydrogen) atoms. The van der Waals surface area contributed by atoms with Crippen molar-refractivity contribution in [3.63, 3.8) is 0 Å². The van der Waals surface area contributed by atoms with E-state index in [1.54, 1.807) is 18.6 Å². The SMILES string of the molecule is S=c1[nH]nc(-c2cccnc2)n1CCCn1ccnc1. The van der Waals surface area contributed by atoms with Gasteiger partial charge in [0.1, 0.15) is 0 Å². The summed E-state index contributed by atoms with van der Waals surface area (Å²) in [5.74, 6) is 0.828. The Morgan fingerprint density at radius 3 is 2.90 bits per heavy atom. The average molecular weight is 286 g/mol. The molecule has 0 fully saturated rings. The summed E-state index contributed by atoms with van der Waals surface area (Å²) in [4.78, 5) is 8.15. The molecule has 0 saturated heterocycles. The zero-order valence-electron chi connectivity index (χ0n) is 10.8. The van der Waals surface area contributed by atoms with Gasteiger partial charge < -0.3 is 9.13 Å². The summed E-state index contributed by atoms with van der Waals surface area (Å²) < 4.78 is 4.69. The first-order valence-corrected chi connectivity index (χ1v) is 6.77. The van der Waals surface area contributed by atoms with Gasteiger partial charge >= 0.3 is 0 Å². The second-order valence-electron chi connectivity index (χ2n) is 4.40. The monoisotopic (exact) mass is 286 g/mol. The Balaban J connectivity index is 1.76. The number of aromatic amines is 1. The van der Waals surface area contributed by atoms with Crippen molar-refractivity contribution in [1.29, 1.82) is 0 Å². The van der Waals surface area contributed by atoms with Crippen LogP contribution in [0.3, 0.4) is 0 Å². The van der Waals surface area contributed by atoms with Crippen LogP contribution in [0.5, 0.6) is 0 Å². The van der Waals surface area contributed by atoms with Gasteiger partial charge in [-0.3, -0.25) is 10.1 Å². The summed E-state index contributed by atoms with van der Waals surface area (Å²) in [7, 11) is 0. The highest BCUT2D eigenvalue weighted by Gasteiger charge is 2.08. The number of hydrogen-bond acceptors (Lipinski definition) is 4. The quantitative estimate of drug-likeness (QED) is 0.731. The number of pyridine rings is 1. The second-order valence-corrected chi connectivity index (χ2v) is 4.79. The maximum Gasteiger partial charge on any atom is 0.195 e. The predicted molar refractivity (Wildman–Crippen MR) is 77.5 cm³/mol. The van der Waals surface area contributed by atoms with Crippen molar-refractivity contribution in [3.05, 3.63) is 48.0 Å². The minimum absolute atomic E-state index is 0.634. The molecule has 3 aromatic heterocycles. The number of aromatic nitrogens is 6. The Morgan fingerprint density at radius 2 is 2.15 bits per heavy atom. The lowest BCUT2D eigenvalue weighted by atomic mass is 10.2. The lowest BCUT2D eigenvalue weighted by Crippen LogP contribution is -2.05. The van der Waals surface area contributed by atoms with Crippen molar-refractivity contribution in [1.82, 2.24) is 29.3 Å². The van der Waals surface area contributed by atoms with Gasteiger partial charge in [0, 0.05) is 43.4 Å². The molecule has 0 unspecified atom stereocenters. The molecule has 0 aliphatic carbocycles. The van der Waals surface area contributed by atoms with Gasteiger partial charge in [0.15, 0.2) is 10.6 Å². The molecule has 7 heteroatoms. The fourth-order valence-corrected chi connectivity index (χ4v) is 2.29. The van der Waals surface area contributed by atoms with Crippen LogP contribution in [0.15, 0.2) is 43.2 Å². The van der Waals surface area contributed by atoms with Crippen LogP contribution in [0.25, 0.3) is 11.4 Å². The third-order valence-electron chi connectivity index (χ3n) is 3.04. The third-order valence-corrected chi connectivity index (χ3v) is 3.35. The van der Waals surface area contributed by atoms with Crippen molar-refractivity contribution >= 4 is 12.2 Å². The second kappa shape index (κ2) is 5.79. The molecule has 1 N–H and O–H groups in total. The molecular formula is C13H14N6S. The van der Waals surface area contributed by atoms with Gasteiger partial charge in [-0.05, 0) is 30.8 Å². The van der Waals surface area contributed by atoms with Crippen molar-refractivity contribution in [2.75, 3.05) is 0 Å². The van der Waals surface area contributed by atoms with E-state index >= 15 is 0 Å². The topological polar surface area (TPSA) is 64.3 Å². The van der Waals surface area contributed by atoms with E-state index in [1.807, 2.05) is 33.8 Å². The molecule has 0 aliphatic rings. The maximum absolute atomic E-state index is 5.29. The van der Waals surface area contributed by atoms with Crippen LogP contribution in [0.1, 0.15) is 6.42 Å². The third kappa shape index (κ3) is 2.67. The summed E-state index contributed by atoms with van der Waals surface area (Å²) in [5, 5.41) is 7.14. The molecule has 3 heterocycles. The lowest BCUT2D eigenvalue weighted by molar-refractivity contribution is 0.562. The van der Waals surface area contributed by atoms with Crippen molar-refractivity contribution in [3.8, 4) is 11.4 Å². The molecule has 0 radical (unpaired) electrons. The average Bonchev–Trinajstić information content (AvgIpc) is 3.11. The van der Waals surface area contributed by atoms with E-state index in [0.717, 1.165) is 30.9 Å². The predicted octanol–water partition coefficient (Wildman–Crippen LogP) is 2.29. The summed E-state index contributed by atoms with van der Waals surface area (Å²) in [6.07, 6.45) is 10.0. The zero-order valence-corrected chi connectivity index (χ0v) is 11.6. The van der Waals surface area contributed by atoms with Crippen molar-refractivity contribution in [2.45, 2.75) is 19.5 Å². The van der Waals surface area contributed by atoms with Crippen molar-refractivity contribution < 1.29 is 0 Å². The lowest BCUT2D eigenvalue weighted by Gasteiger charge is -2.07. The molecule has 0 atom stereocenters. The van der Waals surface area contributed by atoms with E-state index in [9.17, 15) is 0 Å². The highest BCUT2D eigenvalue weighted by molar-refractivity contribution is 7.71. The number of hydrogen-bond donors (Lipinski definition) is 1. The summed E-state index contributed by atoms with van der Waals surface area (Å²) in [6, 6.07) is 3.87. The first-order valence-electron chi connectivity index (χ1n) is 6.36. The molecule has 0 bridgehead atoms. The number of aryl methyl sites for hydroxylation is 1. The molecule has 102 valence electrons. The molecule has 0 aromatic carbocycles. The van der Waals surface area contributed by atoms with Crippen LogP contribution in [0.4, 0.5) is 0 Å². The summed E-state index contributed by atoms with van der Waals surface area (Å²) in [6.45, 7) is 1.71. The van der Waals surface area contributed by atoms with Crippen molar-refractivity contribution in [2.24, 2.45) is 0 Å². The number of imidazole rings is 1. The van der Waals surface area contributed by atoms with Gasteiger partial charge in [-0.1, -0.05) is 0 Å². The van der Waals surface area contributed by atoms with E-state index in [1.165, 1.54) is 0 Å². The number of nitrogens with zero attached hydrogens (tertiary/aromatic N) is 5. The van der Waals surface area contributed by atoms with Crippen LogP contribution in [-0.4, -0.2) is 29.3 Å². The Labute approximate surface area is 121 Å². The molecule has 0 aliphatic heterocycles. The summed E-state index contributed by atoms with van der Waals surface area (Å²) >= 11 is 5.29. The van der Waals surface area contributed by atoms with E-state index < -0.39 is 0 Å². The highest BCUT2D eigenvalue weighted by atomic mass is 32.1. The smallest absolute Gasteiger partial charge is 0.195 e. The zero-order chi connectivity index (χ0) is 13.8. The first kappa shape index (κ1) is 12.7. The number of H-pyrrole nitrogens is 1. The Bertz CT molecular complexity index is 713. The van der Waals surface area contributed by atoms with Crippen LogP contribution in [0.2, 0.25) is 0 Å². The summed E-state index contributed by atoms with van der Waals surface area (Å²) in [5.41, 5.74) is 0.961. The van der Waals surface area contributed by atoms with E-state index in [-0.39, 0.29) is 0 Å². The molecule has 0 amide bonds. The number of rotatable bonds is 5. The normalized spacial score (nSPS) is 10.8. The fourth-order valence-electron chi connectivity index (χ4n) is 2.07. The Kier molecular flexibility index (Phi) is 3.69. The molecule has 3 aromatic rings. The Morgan fingerprint density at radius 1 is 1.20 bits per heavy atom. The van der Waals surface area contributed by atoms with Gasteiger partial charge in [-0.15, -0.1) is 0 Å². The largest absolute Gasteiger partial charge is 0.337 e. The van der Waals surface area contributed by atoms with Gasteiger partial charge in [0.25, 0.3) is 0 Å². The van der Waals surface area contributed by atoms with Crippen LogP contribution in [0, 0.1) is 4.77 Å². The Hall–Kier alpha value is -2.28. The number of nitrogens with one attached hydrogen (secondary N) is 1. The maximum atomic E-state index is 5.29. The van der Waals surface area contributed by atoms with Crippen LogP contribution < -0.4 is 0 Å². The molecule has 6 nitrogen and oxygen atoms in total. The van der Waals surface area contributed by atoms with Crippen LogP contribution in [-0.2, 0) is 13.1 Å². The van der Waals surface area contributed by atoms with Crippen LogP contribution >= 0.6 is 12.2 Å². The minimum Gasteiger partial charge on any atom is -0.337 e. The molecule has 3 rings (SSSR count). The minimum atomic E-state index is 0.634. The van der Waals surface area contributed by atoms with E-state index in [2.05, 4.69) is 20.2 Å². The standard InChI is InChI=1S/C13H14N6S/c20-13-17-16-12(11-3-1-4-14-9-11)19(13)7-2-6-18-8-5-15-10-18/h1,3-5,8-10H,2,6-7H2,(H,17,20). The van der Waals surface area contributed by atoms with Gasteiger partial charge in [0.2, 0.25) is 0 Å². The van der Waals surface area contributed by atoms with E-state index in [4.69, 9.17) is 12.2 Å². The molecule has 0 saturated carbocycles. The highest BCUT2D eigenvalue weighted by Crippen LogP contribution is 2.16. The molecule has 0 spiro atoms. The first-order chi connectivity index (χ1) is 9.84. The van der Waals surface area contributed by atoms with Gasteiger partial charge in [0.05, 0.1) is 6.33 Å². The fraction of sp³-hybridized carbons (Fsp3) is 0.231. The van der Waals surface area contributed by atoms with E-state index in [0.29, 0.717) is 4.77 Å². The van der Waals surface area contributed by atoms with Gasteiger partial charge in [-0.2, -0.15) is 5.10 Å². The van der Waals surface area contributed by atoms with Gasteiger partial charge in [-0.25, -0.2) is 4.98 Å².